The number of halogens is 1. The number of aromatic nitrogens is 1. The van der Waals surface area contributed by atoms with Gasteiger partial charge in [-0.2, -0.15) is 0 Å². The summed E-state index contributed by atoms with van der Waals surface area (Å²) in [6.07, 6.45) is -0.804. The average Bonchev–Trinajstić information content (AvgIpc) is 2.83. The van der Waals surface area contributed by atoms with Gasteiger partial charge in [0.15, 0.2) is 0 Å². The lowest BCUT2D eigenvalue weighted by atomic mass is 10.1. The zero-order valence-electron chi connectivity index (χ0n) is 9.88. The van der Waals surface area contributed by atoms with Crippen molar-refractivity contribution >= 4 is 27.3 Å². The smallest absolute Gasteiger partial charge is 0.134 e. The summed E-state index contributed by atoms with van der Waals surface area (Å²) in [7, 11) is 3.14. The highest BCUT2D eigenvalue weighted by Gasteiger charge is 2.19. The third-order valence-corrected chi connectivity index (χ3v) is 4.07. The van der Waals surface area contributed by atoms with Crippen molar-refractivity contribution in [2.24, 2.45) is 0 Å². The summed E-state index contributed by atoms with van der Waals surface area (Å²) in [4.78, 5) is 4.20. The fourth-order valence-electron chi connectivity index (χ4n) is 1.57. The van der Waals surface area contributed by atoms with Crippen molar-refractivity contribution in [2.45, 2.75) is 6.10 Å². The minimum Gasteiger partial charge on any atom is -0.497 e. The van der Waals surface area contributed by atoms with Crippen LogP contribution in [0.1, 0.15) is 16.7 Å². The molecule has 0 amide bonds. The van der Waals surface area contributed by atoms with Crippen molar-refractivity contribution in [1.29, 1.82) is 0 Å². The Kier molecular flexibility index (Phi) is 4.21. The number of aliphatic hydroxyl groups is 1. The van der Waals surface area contributed by atoms with Crippen LogP contribution in [0.5, 0.6) is 11.5 Å². The SMILES string of the molecule is COc1ccc(C(O)c2nc(Br)cs2)c(OC)c1. The van der Waals surface area contributed by atoms with E-state index in [-0.39, 0.29) is 0 Å². The lowest BCUT2D eigenvalue weighted by molar-refractivity contribution is 0.214. The van der Waals surface area contributed by atoms with Gasteiger partial charge in [0.25, 0.3) is 0 Å². The van der Waals surface area contributed by atoms with Gasteiger partial charge in [-0.05, 0) is 28.1 Å². The molecule has 0 aliphatic heterocycles. The number of nitrogens with zero attached hydrogens (tertiary/aromatic N) is 1. The van der Waals surface area contributed by atoms with Gasteiger partial charge < -0.3 is 14.6 Å². The maximum absolute atomic E-state index is 10.3. The fraction of sp³-hybridized carbons (Fsp3) is 0.250. The molecule has 0 spiro atoms. The van der Waals surface area contributed by atoms with Crippen molar-refractivity contribution in [2.75, 3.05) is 14.2 Å². The number of rotatable bonds is 4. The highest BCUT2D eigenvalue weighted by Crippen LogP contribution is 2.34. The van der Waals surface area contributed by atoms with Gasteiger partial charge in [-0.1, -0.05) is 0 Å². The molecule has 2 rings (SSSR count). The first-order chi connectivity index (χ1) is 8.65. The Balaban J connectivity index is 2.38. The van der Waals surface area contributed by atoms with Crippen LogP contribution >= 0.6 is 27.3 Å². The zero-order valence-corrected chi connectivity index (χ0v) is 12.3. The summed E-state index contributed by atoms with van der Waals surface area (Å²) in [6, 6.07) is 5.29. The first-order valence-corrected chi connectivity index (χ1v) is 6.84. The number of ether oxygens (including phenoxy) is 2. The number of hydrogen-bond acceptors (Lipinski definition) is 5. The van der Waals surface area contributed by atoms with Gasteiger partial charge in [-0.3, -0.25) is 0 Å². The molecule has 0 saturated heterocycles. The lowest BCUT2D eigenvalue weighted by Gasteiger charge is -2.13. The second-order valence-electron chi connectivity index (χ2n) is 3.52. The summed E-state index contributed by atoms with van der Waals surface area (Å²) in [5, 5.41) is 12.7. The van der Waals surface area contributed by atoms with Crippen LogP contribution < -0.4 is 9.47 Å². The largest absolute Gasteiger partial charge is 0.497 e. The van der Waals surface area contributed by atoms with Gasteiger partial charge in [0, 0.05) is 17.0 Å². The van der Waals surface area contributed by atoms with Crippen molar-refractivity contribution in [3.8, 4) is 11.5 Å². The number of thiazole rings is 1. The van der Waals surface area contributed by atoms with Gasteiger partial charge >= 0.3 is 0 Å². The van der Waals surface area contributed by atoms with Crippen LogP contribution in [-0.2, 0) is 0 Å². The molecule has 18 heavy (non-hydrogen) atoms. The van der Waals surface area contributed by atoms with Gasteiger partial charge in [0.05, 0.1) is 14.2 Å². The first-order valence-electron chi connectivity index (χ1n) is 5.16. The van der Waals surface area contributed by atoms with E-state index >= 15 is 0 Å². The molecule has 0 bridgehead atoms. The predicted molar refractivity (Wildman–Crippen MR) is 73.4 cm³/mol. The van der Waals surface area contributed by atoms with Crippen LogP contribution in [0.15, 0.2) is 28.2 Å². The molecular formula is C12H12BrNO3S. The maximum atomic E-state index is 10.3. The molecule has 6 heteroatoms. The Labute approximate surface area is 117 Å². The number of aliphatic hydroxyl groups excluding tert-OH is 1. The van der Waals surface area contributed by atoms with Crippen LogP contribution in [0.4, 0.5) is 0 Å². The Morgan fingerprint density at radius 2 is 2.11 bits per heavy atom. The molecule has 0 radical (unpaired) electrons. The Bertz CT molecular complexity index is 544. The Hall–Kier alpha value is -1.11. The van der Waals surface area contributed by atoms with E-state index in [4.69, 9.17) is 9.47 Å². The maximum Gasteiger partial charge on any atom is 0.134 e. The Morgan fingerprint density at radius 3 is 2.67 bits per heavy atom. The number of benzene rings is 1. The quantitative estimate of drug-likeness (QED) is 0.936. The van der Waals surface area contributed by atoms with Gasteiger partial charge in [0.1, 0.15) is 27.2 Å². The van der Waals surface area contributed by atoms with E-state index in [1.54, 1.807) is 32.4 Å². The molecule has 1 heterocycles. The normalized spacial score (nSPS) is 12.2. The molecule has 1 aromatic heterocycles. The molecule has 0 aliphatic carbocycles. The molecule has 96 valence electrons. The van der Waals surface area contributed by atoms with Crippen molar-refractivity contribution in [1.82, 2.24) is 4.98 Å². The summed E-state index contributed by atoms with van der Waals surface area (Å²) < 4.78 is 11.1. The van der Waals surface area contributed by atoms with E-state index < -0.39 is 6.10 Å². The van der Waals surface area contributed by atoms with Crippen LogP contribution in [-0.4, -0.2) is 24.3 Å². The molecule has 2 aromatic rings. The summed E-state index contributed by atoms with van der Waals surface area (Å²) in [5.74, 6) is 1.26. The molecule has 0 saturated carbocycles. The lowest BCUT2D eigenvalue weighted by Crippen LogP contribution is -2.02. The van der Waals surface area contributed by atoms with Crippen molar-refractivity contribution < 1.29 is 14.6 Å². The molecule has 0 fully saturated rings. The first kappa shape index (κ1) is 13.3. The molecule has 1 unspecified atom stereocenters. The number of hydrogen-bond donors (Lipinski definition) is 1. The van der Waals surface area contributed by atoms with Crippen molar-refractivity contribution in [3.63, 3.8) is 0 Å². The minimum atomic E-state index is -0.804. The van der Waals surface area contributed by atoms with E-state index in [0.717, 1.165) is 0 Å². The van der Waals surface area contributed by atoms with Crippen LogP contribution in [0.3, 0.4) is 0 Å². The van der Waals surface area contributed by atoms with E-state index in [9.17, 15) is 5.11 Å². The summed E-state index contributed by atoms with van der Waals surface area (Å²) >= 11 is 4.66. The van der Waals surface area contributed by atoms with Gasteiger partial charge in [-0.25, -0.2) is 4.98 Å². The molecule has 4 nitrogen and oxygen atoms in total. The summed E-state index contributed by atoms with van der Waals surface area (Å²) in [6.45, 7) is 0. The monoisotopic (exact) mass is 329 g/mol. The highest BCUT2D eigenvalue weighted by molar-refractivity contribution is 9.10. The average molecular weight is 330 g/mol. The van der Waals surface area contributed by atoms with Crippen molar-refractivity contribution in [3.05, 3.63) is 38.8 Å². The molecule has 1 aromatic carbocycles. The third-order valence-electron chi connectivity index (χ3n) is 2.46. The predicted octanol–water partition coefficient (Wildman–Crippen LogP) is 3.00. The molecule has 1 atom stereocenters. The van der Waals surface area contributed by atoms with E-state index in [0.29, 0.717) is 26.7 Å². The van der Waals surface area contributed by atoms with Crippen LogP contribution in [0, 0.1) is 0 Å². The van der Waals surface area contributed by atoms with E-state index in [1.165, 1.54) is 11.3 Å². The third kappa shape index (κ3) is 2.66. The van der Waals surface area contributed by atoms with Gasteiger partial charge in [0.2, 0.25) is 0 Å². The van der Waals surface area contributed by atoms with E-state index in [1.807, 2.05) is 5.38 Å². The summed E-state index contributed by atoms with van der Waals surface area (Å²) in [5.41, 5.74) is 0.667. The standard InChI is InChI=1S/C12H12BrNO3S/c1-16-7-3-4-8(9(5-7)17-2)11(15)12-14-10(13)6-18-12/h3-6,11,15H,1-2H3. The minimum absolute atomic E-state index is 0.577. The van der Waals surface area contributed by atoms with Crippen LogP contribution in [0.25, 0.3) is 0 Å². The van der Waals surface area contributed by atoms with Gasteiger partial charge in [-0.15, -0.1) is 11.3 Å². The second kappa shape index (κ2) is 5.69. The highest BCUT2D eigenvalue weighted by atomic mass is 79.9. The number of methoxy groups -OCH3 is 2. The second-order valence-corrected chi connectivity index (χ2v) is 5.22. The zero-order chi connectivity index (χ0) is 13.1. The molecular weight excluding hydrogens is 318 g/mol. The van der Waals surface area contributed by atoms with E-state index in [2.05, 4.69) is 20.9 Å². The fourth-order valence-corrected chi connectivity index (χ4v) is 2.84. The Morgan fingerprint density at radius 1 is 1.33 bits per heavy atom. The molecule has 0 aliphatic rings. The molecule has 1 N–H and O–H groups in total. The van der Waals surface area contributed by atoms with Crippen LogP contribution in [0.2, 0.25) is 0 Å². The topological polar surface area (TPSA) is 51.6 Å².